The summed E-state index contributed by atoms with van der Waals surface area (Å²) in [5.74, 6) is 1.38. The molecule has 4 rings (SSSR count). The lowest BCUT2D eigenvalue weighted by Gasteiger charge is -2.36. The molecule has 0 bridgehead atoms. The summed E-state index contributed by atoms with van der Waals surface area (Å²) in [5.41, 5.74) is 3.09. The average Bonchev–Trinajstić information content (AvgIpc) is 3.14. The molecule has 1 aromatic carbocycles. The summed E-state index contributed by atoms with van der Waals surface area (Å²) in [6.07, 6.45) is 1.69. The van der Waals surface area contributed by atoms with Crippen LogP contribution in [0.25, 0.3) is 6.08 Å². The fraction of sp³-hybridized carbons (Fsp3) is 0.391. The number of methoxy groups -OCH3 is 1. The summed E-state index contributed by atoms with van der Waals surface area (Å²) in [5, 5.41) is -0.230. The summed E-state index contributed by atoms with van der Waals surface area (Å²) in [7, 11) is 3.62. The van der Waals surface area contributed by atoms with Gasteiger partial charge in [-0.25, -0.2) is 4.98 Å². The molecule has 2 aromatic rings. The highest BCUT2D eigenvalue weighted by Gasteiger charge is 2.28. The van der Waals surface area contributed by atoms with E-state index >= 15 is 0 Å². The van der Waals surface area contributed by atoms with Gasteiger partial charge in [0.2, 0.25) is 11.1 Å². The lowest BCUT2D eigenvalue weighted by molar-refractivity contribution is -0.107. The molecule has 2 fully saturated rings. The second-order valence-corrected chi connectivity index (χ2v) is 10.1. The molecule has 10 heteroatoms. The SMILES string of the molecule is COCCN(C)c1cc(C=C2SC(=O)SC2=O)nc(N2CCN(c3ccc(C)cc3)CC2)n1. The van der Waals surface area contributed by atoms with Crippen molar-refractivity contribution in [2.45, 2.75) is 6.92 Å². The lowest BCUT2D eigenvalue weighted by atomic mass is 10.2. The summed E-state index contributed by atoms with van der Waals surface area (Å²) in [6.45, 7) is 6.65. The lowest BCUT2D eigenvalue weighted by Crippen LogP contribution is -2.47. The summed E-state index contributed by atoms with van der Waals surface area (Å²) in [6, 6.07) is 10.4. The first-order valence-corrected chi connectivity index (χ1v) is 12.4. The van der Waals surface area contributed by atoms with Gasteiger partial charge in [0.15, 0.2) is 0 Å². The molecular weight excluding hydrogens is 458 g/mol. The standard InChI is InChI=1S/C23H27N5O3S2/c1-16-4-6-18(7-5-16)27-8-10-28(11-9-27)22-24-17(14-19-21(29)33-23(30)32-19)15-20(25-22)26(2)12-13-31-3/h4-7,14-15H,8-13H2,1-3H3. The second-order valence-electron chi connectivity index (χ2n) is 7.93. The van der Waals surface area contributed by atoms with Crippen LogP contribution in [0.5, 0.6) is 0 Å². The van der Waals surface area contributed by atoms with Crippen LogP contribution in [-0.4, -0.2) is 73.0 Å². The van der Waals surface area contributed by atoms with Crippen LogP contribution in [-0.2, 0) is 9.53 Å². The van der Waals surface area contributed by atoms with Gasteiger partial charge in [-0.3, -0.25) is 9.59 Å². The number of aromatic nitrogens is 2. The Morgan fingerprint density at radius 3 is 2.39 bits per heavy atom. The maximum Gasteiger partial charge on any atom is 0.258 e. The number of benzene rings is 1. The molecule has 0 amide bonds. The van der Waals surface area contributed by atoms with Crippen LogP contribution in [0.4, 0.5) is 22.2 Å². The monoisotopic (exact) mass is 485 g/mol. The first-order valence-electron chi connectivity index (χ1n) is 10.7. The molecule has 0 N–H and O–H groups in total. The van der Waals surface area contributed by atoms with Gasteiger partial charge >= 0.3 is 0 Å². The summed E-state index contributed by atoms with van der Waals surface area (Å²) >= 11 is 1.69. The zero-order chi connectivity index (χ0) is 23.4. The number of aryl methyl sites for hydroxylation is 1. The Morgan fingerprint density at radius 2 is 1.76 bits per heavy atom. The molecule has 0 aliphatic carbocycles. The van der Waals surface area contributed by atoms with Gasteiger partial charge in [-0.1, -0.05) is 17.7 Å². The minimum absolute atomic E-state index is 0.204. The Hall–Kier alpha value is -2.56. The van der Waals surface area contributed by atoms with Gasteiger partial charge in [-0.05, 0) is 36.9 Å². The van der Waals surface area contributed by atoms with Gasteiger partial charge < -0.3 is 19.4 Å². The zero-order valence-corrected chi connectivity index (χ0v) is 20.6. The molecule has 2 saturated heterocycles. The van der Waals surface area contributed by atoms with E-state index in [1.807, 2.05) is 18.0 Å². The topological polar surface area (TPSA) is 78.9 Å². The predicted molar refractivity (Wildman–Crippen MR) is 136 cm³/mol. The molecule has 2 aliphatic rings. The number of carbonyl (C=O) groups is 2. The molecule has 8 nitrogen and oxygen atoms in total. The van der Waals surface area contributed by atoms with Gasteiger partial charge in [0.1, 0.15) is 5.82 Å². The molecule has 0 unspecified atom stereocenters. The fourth-order valence-electron chi connectivity index (χ4n) is 3.61. The maximum absolute atomic E-state index is 12.1. The first-order chi connectivity index (χ1) is 15.9. The average molecular weight is 486 g/mol. The Bertz CT molecular complexity index is 1050. The number of likely N-dealkylation sites (N-methyl/N-ethyl adjacent to an activating group) is 1. The number of nitrogens with zero attached hydrogens (tertiary/aromatic N) is 5. The number of piperazine rings is 1. The van der Waals surface area contributed by atoms with E-state index in [1.54, 1.807) is 13.2 Å². The normalized spacial score (nSPS) is 17.8. The van der Waals surface area contributed by atoms with Crippen molar-refractivity contribution in [1.82, 2.24) is 9.97 Å². The van der Waals surface area contributed by atoms with Crippen molar-refractivity contribution in [2.24, 2.45) is 0 Å². The van der Waals surface area contributed by atoms with Crippen molar-refractivity contribution in [3.05, 3.63) is 46.5 Å². The van der Waals surface area contributed by atoms with E-state index in [0.29, 0.717) is 29.7 Å². The minimum atomic E-state index is -0.230. The van der Waals surface area contributed by atoms with E-state index in [1.165, 1.54) is 11.3 Å². The van der Waals surface area contributed by atoms with E-state index in [9.17, 15) is 9.59 Å². The second kappa shape index (κ2) is 10.6. The Balaban J connectivity index is 1.56. The van der Waals surface area contributed by atoms with E-state index in [-0.39, 0.29) is 9.56 Å². The van der Waals surface area contributed by atoms with Crippen LogP contribution < -0.4 is 14.7 Å². The van der Waals surface area contributed by atoms with Gasteiger partial charge in [0.05, 0.1) is 17.2 Å². The van der Waals surface area contributed by atoms with Gasteiger partial charge in [-0.15, -0.1) is 0 Å². The third kappa shape index (κ3) is 5.87. The molecule has 0 saturated carbocycles. The smallest absolute Gasteiger partial charge is 0.258 e. The van der Waals surface area contributed by atoms with Gasteiger partial charge in [-0.2, -0.15) is 4.98 Å². The number of thioether (sulfide) groups is 2. The van der Waals surface area contributed by atoms with Crippen molar-refractivity contribution in [3.63, 3.8) is 0 Å². The quantitative estimate of drug-likeness (QED) is 0.542. The Kier molecular flexibility index (Phi) is 7.56. The van der Waals surface area contributed by atoms with Gasteiger partial charge in [0.25, 0.3) is 4.45 Å². The molecule has 0 spiro atoms. The van der Waals surface area contributed by atoms with E-state index in [4.69, 9.17) is 14.7 Å². The van der Waals surface area contributed by atoms with Crippen molar-refractivity contribution in [2.75, 3.05) is 68.2 Å². The third-order valence-corrected chi connectivity index (χ3v) is 7.44. The highest BCUT2D eigenvalue weighted by atomic mass is 32.2. The van der Waals surface area contributed by atoms with Crippen LogP contribution in [0, 0.1) is 6.92 Å². The minimum Gasteiger partial charge on any atom is -0.383 e. The number of rotatable bonds is 7. The van der Waals surface area contributed by atoms with Gasteiger partial charge in [0, 0.05) is 70.4 Å². The van der Waals surface area contributed by atoms with Crippen molar-refractivity contribution in [3.8, 4) is 0 Å². The summed E-state index contributed by atoms with van der Waals surface area (Å²) < 4.78 is 5.00. The van der Waals surface area contributed by atoms with Crippen molar-refractivity contribution >= 4 is 56.6 Å². The van der Waals surface area contributed by atoms with Crippen molar-refractivity contribution < 1.29 is 14.3 Å². The predicted octanol–water partition coefficient (Wildman–Crippen LogP) is 3.66. The third-order valence-electron chi connectivity index (χ3n) is 5.55. The number of ether oxygens (including phenoxy) is 1. The largest absolute Gasteiger partial charge is 0.383 e. The molecular formula is C23H27N5O3S2. The van der Waals surface area contributed by atoms with Crippen LogP contribution in [0.3, 0.4) is 0 Å². The highest BCUT2D eigenvalue weighted by molar-refractivity contribution is 8.51. The highest BCUT2D eigenvalue weighted by Crippen LogP contribution is 2.38. The molecule has 3 heterocycles. The number of hydrogen-bond acceptors (Lipinski definition) is 10. The molecule has 174 valence electrons. The number of anilines is 3. The van der Waals surface area contributed by atoms with Crippen molar-refractivity contribution in [1.29, 1.82) is 0 Å². The number of hydrogen-bond donors (Lipinski definition) is 0. The molecule has 33 heavy (non-hydrogen) atoms. The van der Waals surface area contributed by atoms with Crippen LogP contribution in [0.2, 0.25) is 0 Å². The Morgan fingerprint density at radius 1 is 1.06 bits per heavy atom. The van der Waals surface area contributed by atoms with Crippen LogP contribution in [0.15, 0.2) is 35.2 Å². The van der Waals surface area contributed by atoms with E-state index in [2.05, 4.69) is 41.0 Å². The van der Waals surface area contributed by atoms with Crippen LogP contribution in [0.1, 0.15) is 11.3 Å². The molecule has 1 aromatic heterocycles. The van der Waals surface area contributed by atoms with E-state index < -0.39 is 0 Å². The zero-order valence-electron chi connectivity index (χ0n) is 19.0. The molecule has 0 atom stereocenters. The first kappa shape index (κ1) is 23.6. The van der Waals surface area contributed by atoms with E-state index in [0.717, 1.165) is 55.5 Å². The molecule has 2 aliphatic heterocycles. The molecule has 0 radical (unpaired) electrons. The fourth-order valence-corrected chi connectivity index (χ4v) is 5.28. The van der Waals surface area contributed by atoms with Crippen LogP contribution >= 0.6 is 23.5 Å². The Labute approximate surface area is 202 Å². The summed E-state index contributed by atoms with van der Waals surface area (Å²) in [4.78, 5) is 40.2. The maximum atomic E-state index is 12.1. The number of carbonyl (C=O) groups excluding carboxylic acids is 2.